The highest BCUT2D eigenvalue weighted by Crippen LogP contribution is 2.19. The predicted octanol–water partition coefficient (Wildman–Crippen LogP) is 3.89. The standard InChI is InChI=1S/C11H18BrNS/c1-8(2)9(3)5-13-6-11-4-10(12)7-14-11/h4,7-9,13H,5-6H2,1-3H3. The Balaban J connectivity index is 2.22. The minimum atomic E-state index is 0.749. The highest BCUT2D eigenvalue weighted by Gasteiger charge is 2.06. The Morgan fingerprint density at radius 3 is 2.64 bits per heavy atom. The topological polar surface area (TPSA) is 12.0 Å². The van der Waals surface area contributed by atoms with E-state index in [0.29, 0.717) is 0 Å². The molecule has 0 aliphatic heterocycles. The first kappa shape index (κ1) is 12.2. The highest BCUT2D eigenvalue weighted by atomic mass is 79.9. The molecule has 80 valence electrons. The Kier molecular flexibility index (Phi) is 5.13. The van der Waals surface area contributed by atoms with Crippen molar-refractivity contribution in [1.29, 1.82) is 0 Å². The molecule has 1 unspecified atom stereocenters. The summed E-state index contributed by atoms with van der Waals surface area (Å²) in [4.78, 5) is 1.40. The van der Waals surface area contributed by atoms with Gasteiger partial charge in [-0.2, -0.15) is 0 Å². The van der Waals surface area contributed by atoms with Crippen molar-refractivity contribution in [1.82, 2.24) is 5.32 Å². The molecule has 1 rings (SSSR count). The van der Waals surface area contributed by atoms with Gasteiger partial charge >= 0.3 is 0 Å². The summed E-state index contributed by atoms with van der Waals surface area (Å²) >= 11 is 5.26. The van der Waals surface area contributed by atoms with Crippen molar-refractivity contribution < 1.29 is 0 Å². The molecule has 1 atom stereocenters. The second-order valence-corrected chi connectivity index (χ2v) is 5.99. The highest BCUT2D eigenvalue weighted by molar-refractivity contribution is 9.10. The third-order valence-corrected chi connectivity index (χ3v) is 4.22. The summed E-state index contributed by atoms with van der Waals surface area (Å²) in [5, 5.41) is 5.61. The number of hydrogen-bond acceptors (Lipinski definition) is 2. The zero-order valence-electron chi connectivity index (χ0n) is 9.01. The van der Waals surface area contributed by atoms with E-state index in [0.717, 1.165) is 24.9 Å². The molecule has 0 bridgehead atoms. The van der Waals surface area contributed by atoms with Crippen molar-refractivity contribution in [3.8, 4) is 0 Å². The maximum Gasteiger partial charge on any atom is 0.0300 e. The van der Waals surface area contributed by atoms with E-state index >= 15 is 0 Å². The second-order valence-electron chi connectivity index (χ2n) is 4.08. The summed E-state index contributed by atoms with van der Waals surface area (Å²) in [6, 6.07) is 2.18. The van der Waals surface area contributed by atoms with Crippen molar-refractivity contribution in [2.75, 3.05) is 6.54 Å². The average molecular weight is 276 g/mol. The second kappa shape index (κ2) is 5.89. The van der Waals surface area contributed by atoms with Crippen molar-refractivity contribution in [3.63, 3.8) is 0 Å². The molecule has 0 radical (unpaired) electrons. The molecule has 1 aromatic rings. The summed E-state index contributed by atoms with van der Waals surface area (Å²) in [5.74, 6) is 1.51. The Morgan fingerprint density at radius 1 is 1.43 bits per heavy atom. The number of thiophene rings is 1. The van der Waals surface area contributed by atoms with E-state index in [1.165, 1.54) is 9.35 Å². The Hall–Kier alpha value is 0.140. The van der Waals surface area contributed by atoms with Crippen LogP contribution in [0.3, 0.4) is 0 Å². The van der Waals surface area contributed by atoms with Gasteiger partial charge in [-0.05, 0) is 40.4 Å². The largest absolute Gasteiger partial charge is 0.312 e. The fraction of sp³-hybridized carbons (Fsp3) is 0.636. The van der Waals surface area contributed by atoms with Crippen LogP contribution in [0.5, 0.6) is 0 Å². The van der Waals surface area contributed by atoms with Gasteiger partial charge in [0, 0.05) is 21.3 Å². The van der Waals surface area contributed by atoms with Crippen LogP contribution in [0.2, 0.25) is 0 Å². The lowest BCUT2D eigenvalue weighted by Gasteiger charge is -2.15. The van der Waals surface area contributed by atoms with Crippen molar-refractivity contribution in [3.05, 3.63) is 20.8 Å². The quantitative estimate of drug-likeness (QED) is 0.860. The molecule has 1 nitrogen and oxygen atoms in total. The van der Waals surface area contributed by atoms with E-state index in [1.807, 2.05) is 0 Å². The molecule has 3 heteroatoms. The molecule has 0 saturated heterocycles. The lowest BCUT2D eigenvalue weighted by Crippen LogP contribution is -2.23. The average Bonchev–Trinajstić information content (AvgIpc) is 2.51. The molecule has 0 amide bonds. The molecule has 0 aromatic carbocycles. The van der Waals surface area contributed by atoms with Gasteiger partial charge in [0.1, 0.15) is 0 Å². The van der Waals surface area contributed by atoms with Gasteiger partial charge in [-0.15, -0.1) is 11.3 Å². The molecule has 1 heterocycles. The van der Waals surface area contributed by atoms with E-state index in [9.17, 15) is 0 Å². The lowest BCUT2D eigenvalue weighted by molar-refractivity contribution is 0.393. The molecule has 0 spiro atoms. The van der Waals surface area contributed by atoms with Gasteiger partial charge in [-0.1, -0.05) is 20.8 Å². The predicted molar refractivity (Wildman–Crippen MR) is 67.7 cm³/mol. The maximum atomic E-state index is 3.49. The van der Waals surface area contributed by atoms with Crippen molar-refractivity contribution in [2.24, 2.45) is 11.8 Å². The van der Waals surface area contributed by atoms with Crippen LogP contribution in [-0.2, 0) is 6.54 Å². The Bertz CT molecular complexity index is 270. The molecule has 0 aliphatic carbocycles. The third kappa shape index (κ3) is 4.11. The monoisotopic (exact) mass is 275 g/mol. The van der Waals surface area contributed by atoms with Crippen LogP contribution in [0, 0.1) is 11.8 Å². The van der Waals surface area contributed by atoms with Gasteiger partial charge in [-0.25, -0.2) is 0 Å². The normalized spacial score (nSPS) is 13.5. The van der Waals surface area contributed by atoms with Gasteiger partial charge in [0.2, 0.25) is 0 Å². The zero-order chi connectivity index (χ0) is 10.6. The Labute approximate surface area is 99.0 Å². The molecule has 0 fully saturated rings. The van der Waals surface area contributed by atoms with Crippen molar-refractivity contribution in [2.45, 2.75) is 27.3 Å². The molecular formula is C11H18BrNS. The number of halogens is 1. The van der Waals surface area contributed by atoms with Gasteiger partial charge in [-0.3, -0.25) is 0 Å². The van der Waals surface area contributed by atoms with E-state index < -0.39 is 0 Å². The van der Waals surface area contributed by atoms with E-state index in [2.05, 4.69) is 53.5 Å². The van der Waals surface area contributed by atoms with E-state index in [-0.39, 0.29) is 0 Å². The number of nitrogens with one attached hydrogen (secondary N) is 1. The number of hydrogen-bond donors (Lipinski definition) is 1. The fourth-order valence-corrected chi connectivity index (χ4v) is 2.53. The first-order chi connectivity index (χ1) is 6.59. The van der Waals surface area contributed by atoms with Crippen LogP contribution in [0.15, 0.2) is 15.9 Å². The first-order valence-electron chi connectivity index (χ1n) is 5.03. The molecule has 0 aliphatic rings. The molecule has 0 saturated carbocycles. The zero-order valence-corrected chi connectivity index (χ0v) is 11.4. The van der Waals surface area contributed by atoms with Gasteiger partial charge in [0.25, 0.3) is 0 Å². The van der Waals surface area contributed by atoms with Crippen molar-refractivity contribution >= 4 is 27.3 Å². The SMILES string of the molecule is CC(C)C(C)CNCc1cc(Br)cs1. The fourth-order valence-electron chi connectivity index (χ4n) is 1.11. The minimum absolute atomic E-state index is 0.749. The van der Waals surface area contributed by atoms with Crippen LogP contribution in [0.4, 0.5) is 0 Å². The summed E-state index contributed by atoms with van der Waals surface area (Å²) in [6.45, 7) is 8.94. The van der Waals surface area contributed by atoms with E-state index in [1.54, 1.807) is 11.3 Å². The van der Waals surface area contributed by atoms with Gasteiger partial charge in [0.15, 0.2) is 0 Å². The van der Waals surface area contributed by atoms with Crippen LogP contribution in [0.25, 0.3) is 0 Å². The van der Waals surface area contributed by atoms with Gasteiger partial charge < -0.3 is 5.32 Å². The van der Waals surface area contributed by atoms with Crippen LogP contribution in [-0.4, -0.2) is 6.54 Å². The third-order valence-electron chi connectivity index (χ3n) is 2.53. The summed E-state index contributed by atoms with van der Waals surface area (Å²) in [7, 11) is 0. The first-order valence-corrected chi connectivity index (χ1v) is 6.70. The molecule has 14 heavy (non-hydrogen) atoms. The molecular weight excluding hydrogens is 258 g/mol. The minimum Gasteiger partial charge on any atom is -0.312 e. The maximum absolute atomic E-state index is 3.49. The summed E-state index contributed by atoms with van der Waals surface area (Å²) < 4.78 is 1.19. The summed E-state index contributed by atoms with van der Waals surface area (Å²) in [6.07, 6.45) is 0. The van der Waals surface area contributed by atoms with Crippen LogP contribution < -0.4 is 5.32 Å². The van der Waals surface area contributed by atoms with Crippen LogP contribution >= 0.6 is 27.3 Å². The smallest absolute Gasteiger partial charge is 0.0300 e. The lowest BCUT2D eigenvalue weighted by atomic mass is 9.98. The summed E-state index contributed by atoms with van der Waals surface area (Å²) in [5.41, 5.74) is 0. The van der Waals surface area contributed by atoms with Gasteiger partial charge in [0.05, 0.1) is 0 Å². The molecule has 1 aromatic heterocycles. The Morgan fingerprint density at radius 2 is 2.14 bits per heavy atom. The van der Waals surface area contributed by atoms with Crippen LogP contribution in [0.1, 0.15) is 25.6 Å². The molecule has 1 N–H and O–H groups in total. The van der Waals surface area contributed by atoms with E-state index in [4.69, 9.17) is 0 Å². The number of rotatable bonds is 5.